The van der Waals surface area contributed by atoms with Gasteiger partial charge < -0.3 is 14.6 Å². The number of para-hydroxylation sites is 2. The highest BCUT2D eigenvalue weighted by atomic mass is 16.5. The predicted molar refractivity (Wildman–Crippen MR) is 124 cm³/mol. The number of aromatic nitrogens is 1. The van der Waals surface area contributed by atoms with Crippen LogP contribution in [-0.4, -0.2) is 35.5 Å². The van der Waals surface area contributed by atoms with Gasteiger partial charge in [-0.1, -0.05) is 19.1 Å². The molecule has 1 amide bonds. The number of benzene rings is 2. The van der Waals surface area contributed by atoms with Gasteiger partial charge in [-0.05, 0) is 60.5 Å². The molecular formula is C26H24N2O5. The second kappa shape index (κ2) is 9.56. The molecule has 2 aromatic carbocycles. The van der Waals surface area contributed by atoms with E-state index in [0.717, 1.165) is 6.42 Å². The number of aliphatic hydroxyl groups is 1. The molecule has 1 unspecified atom stereocenters. The minimum absolute atomic E-state index is 0.000618. The van der Waals surface area contributed by atoms with Crippen LogP contribution >= 0.6 is 0 Å². The Hall–Kier alpha value is -4.13. The number of methoxy groups -OCH3 is 1. The molecule has 0 aliphatic carbocycles. The summed E-state index contributed by atoms with van der Waals surface area (Å²) in [5, 5.41) is 11.2. The summed E-state index contributed by atoms with van der Waals surface area (Å²) in [6.07, 6.45) is 4.04. The number of nitrogens with zero attached hydrogens (tertiary/aromatic N) is 2. The highest BCUT2D eigenvalue weighted by Crippen LogP contribution is 2.44. The number of pyridine rings is 1. The van der Waals surface area contributed by atoms with E-state index in [9.17, 15) is 14.7 Å². The molecule has 0 saturated carbocycles. The fourth-order valence-corrected chi connectivity index (χ4v) is 3.86. The molecule has 1 atom stereocenters. The zero-order valence-electron chi connectivity index (χ0n) is 18.4. The standard InChI is InChI=1S/C26H24N2O5/c1-3-16-33-19-10-8-18(9-11-19)24(29)22-23(17-12-14-27-15-13-17)28(26(31)25(22)30)20-6-4-5-7-21(20)32-2/h4-15,23,29H,3,16H2,1-2H3/b24-22+. The molecule has 3 aromatic rings. The maximum absolute atomic E-state index is 13.2. The Balaban J connectivity index is 1.86. The number of Topliss-reactive ketones (excluding diaryl/α,β-unsaturated/α-hetero) is 1. The van der Waals surface area contributed by atoms with Crippen molar-refractivity contribution in [3.8, 4) is 11.5 Å². The van der Waals surface area contributed by atoms with Gasteiger partial charge >= 0.3 is 0 Å². The van der Waals surface area contributed by atoms with Crippen LogP contribution in [-0.2, 0) is 9.59 Å². The molecule has 1 aromatic heterocycles. The summed E-state index contributed by atoms with van der Waals surface area (Å²) in [6.45, 7) is 2.59. The molecule has 1 fully saturated rings. The SMILES string of the molecule is CCCOc1ccc(/C(O)=C2\C(=O)C(=O)N(c3ccccc3OC)C2c2ccncc2)cc1. The highest BCUT2D eigenvalue weighted by molar-refractivity contribution is 6.51. The van der Waals surface area contributed by atoms with Crippen LogP contribution in [0.1, 0.15) is 30.5 Å². The van der Waals surface area contributed by atoms with Crippen LogP contribution in [0.3, 0.4) is 0 Å². The van der Waals surface area contributed by atoms with Crippen LogP contribution < -0.4 is 14.4 Å². The molecule has 1 aliphatic heterocycles. The molecule has 0 radical (unpaired) electrons. The second-order valence-electron chi connectivity index (χ2n) is 7.49. The first-order chi connectivity index (χ1) is 16.1. The summed E-state index contributed by atoms with van der Waals surface area (Å²) in [5.41, 5.74) is 1.49. The van der Waals surface area contributed by atoms with E-state index < -0.39 is 17.7 Å². The van der Waals surface area contributed by atoms with Crippen molar-refractivity contribution in [2.75, 3.05) is 18.6 Å². The van der Waals surface area contributed by atoms with Crippen molar-refractivity contribution in [3.63, 3.8) is 0 Å². The van der Waals surface area contributed by atoms with Gasteiger partial charge in [0.15, 0.2) is 0 Å². The Morgan fingerprint density at radius 1 is 1.03 bits per heavy atom. The topological polar surface area (TPSA) is 89.0 Å². The zero-order valence-corrected chi connectivity index (χ0v) is 18.4. The molecule has 0 spiro atoms. The number of amides is 1. The molecule has 7 nitrogen and oxygen atoms in total. The first-order valence-electron chi connectivity index (χ1n) is 10.6. The van der Waals surface area contributed by atoms with Gasteiger partial charge in [0.05, 0.1) is 31.0 Å². The average molecular weight is 444 g/mol. The van der Waals surface area contributed by atoms with Gasteiger partial charge in [-0.2, -0.15) is 0 Å². The summed E-state index contributed by atoms with van der Waals surface area (Å²) < 4.78 is 11.0. The predicted octanol–water partition coefficient (Wildman–Crippen LogP) is 4.51. The number of hydrogen-bond acceptors (Lipinski definition) is 6. The van der Waals surface area contributed by atoms with Gasteiger partial charge in [0.25, 0.3) is 11.7 Å². The number of aliphatic hydroxyl groups excluding tert-OH is 1. The first kappa shape index (κ1) is 22.1. The molecule has 1 saturated heterocycles. The fraction of sp³-hybridized carbons (Fsp3) is 0.192. The van der Waals surface area contributed by atoms with Gasteiger partial charge in [0.1, 0.15) is 17.3 Å². The molecule has 1 aliphatic rings. The maximum atomic E-state index is 13.2. The van der Waals surface area contributed by atoms with Gasteiger partial charge in [-0.15, -0.1) is 0 Å². The lowest BCUT2D eigenvalue weighted by Gasteiger charge is -2.26. The summed E-state index contributed by atoms with van der Waals surface area (Å²) in [6, 6.07) is 16.3. The average Bonchev–Trinajstić information content (AvgIpc) is 3.13. The van der Waals surface area contributed by atoms with Gasteiger partial charge in [0, 0.05) is 18.0 Å². The first-order valence-corrected chi connectivity index (χ1v) is 10.6. The fourth-order valence-electron chi connectivity index (χ4n) is 3.86. The number of carbonyl (C=O) groups is 2. The van der Waals surface area contributed by atoms with E-state index in [-0.39, 0.29) is 11.3 Å². The zero-order chi connectivity index (χ0) is 23.4. The van der Waals surface area contributed by atoms with Gasteiger partial charge in [0.2, 0.25) is 0 Å². The lowest BCUT2D eigenvalue weighted by molar-refractivity contribution is -0.132. The highest BCUT2D eigenvalue weighted by Gasteiger charge is 2.47. The molecular weight excluding hydrogens is 420 g/mol. The summed E-state index contributed by atoms with van der Waals surface area (Å²) in [5.74, 6) is -0.670. The lowest BCUT2D eigenvalue weighted by Crippen LogP contribution is -2.29. The van der Waals surface area contributed by atoms with Crippen molar-refractivity contribution in [3.05, 3.63) is 89.8 Å². The number of anilines is 1. The molecule has 4 rings (SSSR count). The Kier molecular flexibility index (Phi) is 6.40. The van der Waals surface area contributed by atoms with E-state index in [4.69, 9.17) is 9.47 Å². The Bertz CT molecular complexity index is 1190. The number of ketones is 1. The number of ether oxygens (including phenoxy) is 2. The van der Waals surface area contributed by atoms with Gasteiger partial charge in [-0.25, -0.2) is 0 Å². The molecule has 0 bridgehead atoms. The van der Waals surface area contributed by atoms with Crippen LogP contribution in [0.2, 0.25) is 0 Å². The molecule has 2 heterocycles. The third kappa shape index (κ3) is 4.17. The van der Waals surface area contributed by atoms with Crippen LogP contribution in [0.5, 0.6) is 11.5 Å². The molecule has 7 heteroatoms. The van der Waals surface area contributed by atoms with Crippen LogP contribution in [0.15, 0.2) is 78.6 Å². The van der Waals surface area contributed by atoms with E-state index in [1.165, 1.54) is 12.0 Å². The number of carbonyl (C=O) groups excluding carboxylic acids is 2. The van der Waals surface area contributed by atoms with Crippen molar-refractivity contribution in [1.29, 1.82) is 0 Å². The van der Waals surface area contributed by atoms with Crippen LogP contribution in [0.4, 0.5) is 5.69 Å². The third-order valence-corrected chi connectivity index (χ3v) is 5.41. The second-order valence-corrected chi connectivity index (χ2v) is 7.49. The van der Waals surface area contributed by atoms with E-state index >= 15 is 0 Å². The monoisotopic (exact) mass is 444 g/mol. The third-order valence-electron chi connectivity index (χ3n) is 5.41. The molecule has 33 heavy (non-hydrogen) atoms. The van der Waals surface area contributed by atoms with Crippen molar-refractivity contribution in [2.24, 2.45) is 0 Å². The lowest BCUT2D eigenvalue weighted by atomic mass is 9.95. The summed E-state index contributed by atoms with van der Waals surface area (Å²) >= 11 is 0. The minimum Gasteiger partial charge on any atom is -0.507 e. The summed E-state index contributed by atoms with van der Waals surface area (Å²) in [7, 11) is 1.50. The molecule has 1 N–H and O–H groups in total. The van der Waals surface area contributed by atoms with Crippen molar-refractivity contribution in [2.45, 2.75) is 19.4 Å². The van der Waals surface area contributed by atoms with Gasteiger partial charge in [-0.3, -0.25) is 19.5 Å². The maximum Gasteiger partial charge on any atom is 0.300 e. The minimum atomic E-state index is -0.847. The quantitative estimate of drug-likeness (QED) is 0.328. The van der Waals surface area contributed by atoms with E-state index in [2.05, 4.69) is 4.98 Å². The number of rotatable bonds is 7. The van der Waals surface area contributed by atoms with Crippen molar-refractivity contribution < 1.29 is 24.2 Å². The van der Waals surface area contributed by atoms with Crippen molar-refractivity contribution in [1.82, 2.24) is 4.98 Å². The number of hydrogen-bond donors (Lipinski definition) is 1. The van der Waals surface area contributed by atoms with E-state index in [0.29, 0.717) is 34.9 Å². The largest absolute Gasteiger partial charge is 0.507 e. The Morgan fingerprint density at radius 2 is 1.73 bits per heavy atom. The van der Waals surface area contributed by atoms with Crippen LogP contribution in [0, 0.1) is 0 Å². The Labute approximate surface area is 191 Å². The molecule has 168 valence electrons. The van der Waals surface area contributed by atoms with Crippen LogP contribution in [0.25, 0.3) is 5.76 Å². The smallest absolute Gasteiger partial charge is 0.300 e. The van der Waals surface area contributed by atoms with E-state index in [1.54, 1.807) is 73.1 Å². The van der Waals surface area contributed by atoms with E-state index in [1.807, 2.05) is 6.92 Å². The summed E-state index contributed by atoms with van der Waals surface area (Å²) in [4.78, 5) is 31.8. The van der Waals surface area contributed by atoms with Crippen molar-refractivity contribution >= 4 is 23.1 Å². The normalized spacial score (nSPS) is 17.3. The Morgan fingerprint density at radius 3 is 2.39 bits per heavy atom.